The highest BCUT2D eigenvalue weighted by atomic mass is 79.9. The van der Waals surface area contributed by atoms with E-state index in [4.69, 9.17) is 4.98 Å². The number of alkyl halides is 1. The summed E-state index contributed by atoms with van der Waals surface area (Å²) < 4.78 is 4.35. The molecule has 0 radical (unpaired) electrons. The van der Waals surface area contributed by atoms with Crippen LogP contribution in [-0.2, 0) is 18.4 Å². The largest absolute Gasteiger partial charge is 0.346 e. The van der Waals surface area contributed by atoms with Gasteiger partial charge in [0.1, 0.15) is 11.5 Å². The number of anilines is 1. The van der Waals surface area contributed by atoms with Gasteiger partial charge in [-0.3, -0.25) is 0 Å². The van der Waals surface area contributed by atoms with E-state index in [1.165, 1.54) is 5.69 Å². The lowest BCUT2D eigenvalue weighted by atomic mass is 10.3. The third-order valence-corrected chi connectivity index (χ3v) is 4.31. The zero-order valence-corrected chi connectivity index (χ0v) is 12.5. The minimum Gasteiger partial charge on any atom is -0.346 e. The van der Waals surface area contributed by atoms with Crippen molar-refractivity contribution in [2.45, 2.75) is 18.4 Å². The van der Waals surface area contributed by atoms with E-state index >= 15 is 0 Å². The lowest BCUT2D eigenvalue weighted by molar-refractivity contribution is 0.556. The minimum absolute atomic E-state index is 0.790. The molecule has 4 heterocycles. The maximum atomic E-state index is 4.79. The Morgan fingerprint density at radius 3 is 3.05 bits per heavy atom. The summed E-state index contributed by atoms with van der Waals surface area (Å²) >= 11 is 3.59. The molecule has 0 aliphatic carbocycles. The first-order valence-corrected chi connectivity index (χ1v) is 7.76. The summed E-state index contributed by atoms with van der Waals surface area (Å²) in [5.74, 6) is 2.16. The quantitative estimate of drug-likeness (QED) is 0.677. The van der Waals surface area contributed by atoms with E-state index in [1.807, 2.05) is 30.6 Å². The van der Waals surface area contributed by atoms with Crippen molar-refractivity contribution in [1.29, 1.82) is 0 Å². The Kier molecular flexibility index (Phi) is 2.77. The molecule has 6 heteroatoms. The molecule has 1 aliphatic rings. The van der Waals surface area contributed by atoms with Gasteiger partial charge in [0.05, 0.1) is 12.2 Å². The monoisotopic (exact) mass is 331 g/mol. The number of rotatable bonds is 2. The molecule has 3 aromatic heterocycles. The predicted molar refractivity (Wildman–Crippen MR) is 81.1 cm³/mol. The molecular weight excluding hydrogens is 318 g/mol. The van der Waals surface area contributed by atoms with Crippen LogP contribution in [0.1, 0.15) is 11.5 Å². The molecule has 102 valence electrons. The first-order chi connectivity index (χ1) is 9.86. The fraction of sp³-hybridized carbons (Fsp3) is 0.286. The van der Waals surface area contributed by atoms with Gasteiger partial charge in [-0.1, -0.05) is 22.0 Å². The highest BCUT2D eigenvalue weighted by Crippen LogP contribution is 2.26. The van der Waals surface area contributed by atoms with Gasteiger partial charge < -0.3 is 13.9 Å². The summed E-state index contributed by atoms with van der Waals surface area (Å²) in [4.78, 5) is 11.5. The third-order valence-electron chi connectivity index (χ3n) is 3.78. The number of imidazole rings is 2. The van der Waals surface area contributed by atoms with E-state index in [2.05, 4.69) is 41.0 Å². The molecule has 0 fully saturated rings. The number of pyridine rings is 1. The smallest absolute Gasteiger partial charge is 0.152 e. The number of nitrogens with zero attached hydrogens (tertiary/aromatic N) is 5. The van der Waals surface area contributed by atoms with Gasteiger partial charge in [-0.25, -0.2) is 9.97 Å². The Morgan fingerprint density at radius 1 is 1.20 bits per heavy atom. The average molecular weight is 332 g/mol. The van der Waals surface area contributed by atoms with Crippen LogP contribution in [0.2, 0.25) is 0 Å². The second kappa shape index (κ2) is 4.63. The van der Waals surface area contributed by atoms with Gasteiger partial charge in [0.2, 0.25) is 0 Å². The molecule has 0 bridgehead atoms. The number of halogens is 1. The number of hydrogen-bond donors (Lipinski definition) is 0. The van der Waals surface area contributed by atoms with Gasteiger partial charge in [-0.05, 0) is 12.1 Å². The van der Waals surface area contributed by atoms with Gasteiger partial charge in [0, 0.05) is 37.0 Å². The summed E-state index contributed by atoms with van der Waals surface area (Å²) in [6.07, 6.45) is 5.98. The summed E-state index contributed by atoms with van der Waals surface area (Å²) in [5.41, 5.74) is 2.19. The lowest BCUT2D eigenvalue weighted by Crippen LogP contribution is -2.34. The van der Waals surface area contributed by atoms with Crippen molar-refractivity contribution >= 4 is 27.4 Å². The number of aromatic nitrogens is 4. The topological polar surface area (TPSA) is 38.4 Å². The lowest BCUT2D eigenvalue weighted by Gasteiger charge is -2.28. The molecule has 0 saturated carbocycles. The van der Waals surface area contributed by atoms with Crippen LogP contribution >= 0.6 is 15.9 Å². The zero-order valence-electron chi connectivity index (χ0n) is 10.9. The molecule has 0 spiro atoms. The number of hydrogen-bond acceptors (Lipinski definition) is 3. The van der Waals surface area contributed by atoms with Crippen molar-refractivity contribution in [3.63, 3.8) is 0 Å². The zero-order chi connectivity index (χ0) is 13.5. The normalized spacial score (nSPS) is 14.8. The van der Waals surface area contributed by atoms with Crippen molar-refractivity contribution in [3.8, 4) is 0 Å². The molecule has 4 rings (SSSR count). The fourth-order valence-electron chi connectivity index (χ4n) is 2.77. The van der Waals surface area contributed by atoms with Crippen LogP contribution < -0.4 is 4.90 Å². The summed E-state index contributed by atoms with van der Waals surface area (Å²) in [6.45, 7) is 2.75. The molecule has 5 nitrogen and oxygen atoms in total. The van der Waals surface area contributed by atoms with Crippen LogP contribution in [0, 0.1) is 0 Å². The molecule has 0 saturated heterocycles. The van der Waals surface area contributed by atoms with E-state index in [0.29, 0.717) is 0 Å². The summed E-state index contributed by atoms with van der Waals surface area (Å²) in [5, 5.41) is 0.790. The second-order valence-electron chi connectivity index (χ2n) is 4.90. The van der Waals surface area contributed by atoms with Crippen LogP contribution in [-0.4, -0.2) is 25.5 Å². The molecule has 3 aromatic rings. The molecule has 20 heavy (non-hydrogen) atoms. The Hall–Kier alpha value is -1.82. The van der Waals surface area contributed by atoms with Crippen LogP contribution in [0.15, 0.2) is 36.8 Å². The van der Waals surface area contributed by atoms with E-state index in [1.54, 1.807) is 0 Å². The van der Waals surface area contributed by atoms with E-state index in [0.717, 1.165) is 42.3 Å². The molecule has 0 amide bonds. The van der Waals surface area contributed by atoms with Crippen LogP contribution in [0.25, 0.3) is 5.65 Å². The average Bonchev–Trinajstić information content (AvgIpc) is 3.10. The van der Waals surface area contributed by atoms with Crippen molar-refractivity contribution in [1.82, 2.24) is 18.9 Å². The summed E-state index contributed by atoms with van der Waals surface area (Å²) in [6, 6.07) is 6.10. The second-order valence-corrected chi connectivity index (χ2v) is 5.46. The van der Waals surface area contributed by atoms with Crippen molar-refractivity contribution in [3.05, 3.63) is 48.3 Å². The molecule has 1 aliphatic heterocycles. The van der Waals surface area contributed by atoms with Crippen molar-refractivity contribution in [2.75, 3.05) is 11.4 Å². The highest BCUT2D eigenvalue weighted by molar-refractivity contribution is 9.08. The molecule has 0 N–H and O–H groups in total. The molecule has 0 atom stereocenters. The number of fused-ring (bicyclic) bond motifs is 2. The van der Waals surface area contributed by atoms with Gasteiger partial charge in [0.15, 0.2) is 5.82 Å². The van der Waals surface area contributed by atoms with E-state index < -0.39 is 0 Å². The SMILES string of the molecule is BrCc1c(N2CCn3ccnc3C2)nc2ccccn12. The first kappa shape index (κ1) is 12.0. The Balaban J connectivity index is 1.79. The standard InChI is InChI=1S/C14H14BrN5/c15-9-11-14(17-12-3-1-2-5-20(11)12)19-8-7-18-6-4-16-13(18)10-19/h1-6H,7-10H2. The maximum Gasteiger partial charge on any atom is 0.152 e. The van der Waals surface area contributed by atoms with E-state index in [9.17, 15) is 0 Å². The van der Waals surface area contributed by atoms with Crippen molar-refractivity contribution < 1.29 is 0 Å². The van der Waals surface area contributed by atoms with Crippen LogP contribution in [0.5, 0.6) is 0 Å². The predicted octanol–water partition coefficient (Wildman–Crippen LogP) is 2.45. The first-order valence-electron chi connectivity index (χ1n) is 6.63. The highest BCUT2D eigenvalue weighted by Gasteiger charge is 2.22. The summed E-state index contributed by atoms with van der Waals surface area (Å²) in [7, 11) is 0. The Morgan fingerprint density at radius 2 is 2.15 bits per heavy atom. The maximum absolute atomic E-state index is 4.79. The van der Waals surface area contributed by atoms with E-state index in [-0.39, 0.29) is 0 Å². The molecular formula is C14H14BrN5. The minimum atomic E-state index is 0.790. The van der Waals surface area contributed by atoms with Gasteiger partial charge in [0.25, 0.3) is 0 Å². The fourth-order valence-corrected chi connectivity index (χ4v) is 3.29. The Bertz CT molecular complexity index is 760. The third kappa shape index (κ3) is 1.75. The van der Waals surface area contributed by atoms with Gasteiger partial charge in [-0.15, -0.1) is 0 Å². The Labute approximate surface area is 125 Å². The van der Waals surface area contributed by atoms with Gasteiger partial charge in [-0.2, -0.15) is 0 Å². The molecule has 0 unspecified atom stereocenters. The van der Waals surface area contributed by atoms with Crippen LogP contribution in [0.3, 0.4) is 0 Å². The van der Waals surface area contributed by atoms with Crippen molar-refractivity contribution in [2.24, 2.45) is 0 Å². The van der Waals surface area contributed by atoms with Crippen LogP contribution in [0.4, 0.5) is 5.82 Å². The molecule has 0 aromatic carbocycles. The van der Waals surface area contributed by atoms with Gasteiger partial charge >= 0.3 is 0 Å².